The molecule has 0 spiro atoms. The molecule has 0 aliphatic carbocycles. The van der Waals surface area contributed by atoms with Crippen molar-refractivity contribution in [3.63, 3.8) is 0 Å². The quantitative estimate of drug-likeness (QED) is 0.145. The van der Waals surface area contributed by atoms with Crippen molar-refractivity contribution in [2.24, 2.45) is 0 Å². The summed E-state index contributed by atoms with van der Waals surface area (Å²) in [5, 5.41) is 7.23. The van der Waals surface area contributed by atoms with Gasteiger partial charge in [0.05, 0.1) is 39.1 Å². The molecule has 1 heterocycles. The molecule has 0 atom stereocenters. The van der Waals surface area contributed by atoms with Crippen LogP contribution in [0.1, 0.15) is 22.3 Å². The molecule has 5 aromatic rings. The Bertz CT molecular complexity index is 1660. The predicted molar refractivity (Wildman–Crippen MR) is 163 cm³/mol. The van der Waals surface area contributed by atoms with Gasteiger partial charge in [0, 0.05) is 13.1 Å². The molecule has 5 rings (SSSR count). The number of nitrogens with one attached hydrogen (secondary N) is 1. The zero-order valence-electron chi connectivity index (χ0n) is 24.8. The van der Waals surface area contributed by atoms with Crippen LogP contribution in [0.3, 0.4) is 0 Å². The van der Waals surface area contributed by atoms with Gasteiger partial charge in [-0.25, -0.2) is 9.07 Å². The number of nitrogens with zero attached hydrogens (tertiary/aromatic N) is 4. The lowest BCUT2D eigenvalue weighted by Crippen LogP contribution is -2.26. The normalized spacial score (nSPS) is 11.3. The Morgan fingerprint density at radius 3 is 1.67 bits per heavy atom. The third kappa shape index (κ3) is 7.83. The first-order valence-corrected chi connectivity index (χ1v) is 13.9. The van der Waals surface area contributed by atoms with Gasteiger partial charge in [0.1, 0.15) is 23.1 Å². The summed E-state index contributed by atoms with van der Waals surface area (Å²) >= 11 is 0. The number of hydrogen-bond acceptors (Lipinski definition) is 7. The number of aromatic nitrogens is 3. The number of rotatable bonds is 12. The predicted octanol–water partition coefficient (Wildman–Crippen LogP) is 7.46. The maximum atomic E-state index is 14.7. The van der Waals surface area contributed by atoms with Crippen LogP contribution in [0.2, 0.25) is 0 Å². The van der Waals surface area contributed by atoms with Crippen molar-refractivity contribution in [1.82, 2.24) is 14.8 Å². The molecular weight excluding hydrogens is 590 g/mol. The van der Waals surface area contributed by atoms with Gasteiger partial charge in [-0.3, -0.25) is 0 Å². The fourth-order valence-electron chi connectivity index (χ4n) is 4.65. The van der Waals surface area contributed by atoms with E-state index in [4.69, 9.17) is 14.2 Å². The Labute approximate surface area is 257 Å². The van der Waals surface area contributed by atoms with E-state index in [2.05, 4.69) is 15.4 Å². The highest BCUT2D eigenvalue weighted by atomic mass is 19.4. The molecule has 0 amide bonds. The van der Waals surface area contributed by atoms with E-state index in [-0.39, 0.29) is 12.5 Å². The van der Waals surface area contributed by atoms with Crippen LogP contribution in [0.15, 0.2) is 91.0 Å². The zero-order valence-corrected chi connectivity index (χ0v) is 24.8. The number of alkyl halides is 3. The van der Waals surface area contributed by atoms with E-state index >= 15 is 0 Å². The topological polar surface area (TPSA) is 73.7 Å². The molecule has 12 heteroatoms. The Morgan fingerprint density at radius 1 is 0.711 bits per heavy atom. The van der Waals surface area contributed by atoms with Gasteiger partial charge >= 0.3 is 6.18 Å². The maximum absolute atomic E-state index is 14.7. The standard InChI is InChI=1S/C33H31F4N5O3/c1-43-26-11-4-22(5-12-26)19-41(20-23-6-13-27(44-2)14-7-23)32-39-31(38-30-18-25(33(35,36)37)10-17-29(30)34)40-42(32)21-24-8-15-28(45-3)16-9-24/h4-18H,19-21H2,1-3H3,(H,38,40). The number of anilines is 3. The van der Waals surface area contributed by atoms with Crippen molar-refractivity contribution in [3.8, 4) is 17.2 Å². The molecule has 0 unspecified atom stereocenters. The number of ether oxygens (including phenoxy) is 3. The summed E-state index contributed by atoms with van der Waals surface area (Å²) in [7, 11) is 4.76. The van der Waals surface area contributed by atoms with Gasteiger partial charge in [-0.2, -0.15) is 18.2 Å². The minimum absolute atomic E-state index is 0.0637. The maximum Gasteiger partial charge on any atom is 0.416 e. The molecule has 0 bridgehead atoms. The van der Waals surface area contributed by atoms with E-state index in [1.807, 2.05) is 77.7 Å². The summed E-state index contributed by atoms with van der Waals surface area (Å²) in [5.41, 5.74) is 1.37. The lowest BCUT2D eigenvalue weighted by atomic mass is 10.1. The van der Waals surface area contributed by atoms with Crippen molar-refractivity contribution >= 4 is 17.6 Å². The van der Waals surface area contributed by atoms with Crippen LogP contribution in [-0.4, -0.2) is 36.1 Å². The number of benzene rings is 4. The van der Waals surface area contributed by atoms with Crippen molar-refractivity contribution in [2.75, 3.05) is 31.5 Å². The average molecular weight is 622 g/mol. The molecule has 0 saturated carbocycles. The van der Waals surface area contributed by atoms with Crippen molar-refractivity contribution in [2.45, 2.75) is 25.8 Å². The molecule has 0 saturated heterocycles. The van der Waals surface area contributed by atoms with Crippen LogP contribution in [0.25, 0.3) is 0 Å². The zero-order chi connectivity index (χ0) is 32.0. The van der Waals surface area contributed by atoms with E-state index < -0.39 is 23.2 Å². The van der Waals surface area contributed by atoms with Crippen molar-refractivity contribution in [3.05, 3.63) is 119 Å². The fraction of sp³-hybridized carbons (Fsp3) is 0.212. The first-order chi connectivity index (χ1) is 21.6. The minimum atomic E-state index is -4.65. The van der Waals surface area contributed by atoms with Crippen LogP contribution in [0.5, 0.6) is 17.2 Å². The molecule has 0 fully saturated rings. The number of methoxy groups -OCH3 is 3. The van der Waals surface area contributed by atoms with E-state index in [0.717, 1.165) is 22.8 Å². The molecule has 0 radical (unpaired) electrons. The van der Waals surface area contributed by atoms with Gasteiger partial charge in [0.25, 0.3) is 0 Å². The van der Waals surface area contributed by atoms with E-state index in [1.54, 1.807) is 26.0 Å². The molecule has 4 aromatic carbocycles. The molecule has 234 valence electrons. The van der Waals surface area contributed by atoms with Crippen LogP contribution in [-0.2, 0) is 25.8 Å². The SMILES string of the molecule is COc1ccc(CN(Cc2ccc(OC)cc2)c2nc(Nc3cc(C(F)(F)F)ccc3F)nn2Cc2ccc(OC)cc2)cc1. The van der Waals surface area contributed by atoms with Gasteiger partial charge in [-0.1, -0.05) is 36.4 Å². The molecule has 0 aliphatic heterocycles. The number of hydrogen-bond donors (Lipinski definition) is 1. The van der Waals surface area contributed by atoms with E-state index in [9.17, 15) is 17.6 Å². The fourth-order valence-corrected chi connectivity index (χ4v) is 4.65. The van der Waals surface area contributed by atoms with Crippen molar-refractivity contribution in [1.29, 1.82) is 0 Å². The highest BCUT2D eigenvalue weighted by Gasteiger charge is 2.31. The van der Waals surface area contributed by atoms with E-state index in [1.165, 1.54) is 0 Å². The second-order valence-corrected chi connectivity index (χ2v) is 10.1. The third-order valence-electron chi connectivity index (χ3n) is 7.03. The van der Waals surface area contributed by atoms with Crippen LogP contribution in [0.4, 0.5) is 35.1 Å². The van der Waals surface area contributed by atoms with E-state index in [0.29, 0.717) is 48.4 Å². The van der Waals surface area contributed by atoms with Gasteiger partial charge in [0.15, 0.2) is 0 Å². The van der Waals surface area contributed by atoms with Crippen LogP contribution < -0.4 is 24.4 Å². The second-order valence-electron chi connectivity index (χ2n) is 10.1. The summed E-state index contributed by atoms with van der Waals surface area (Å²) in [6.07, 6.45) is -4.65. The molecule has 1 aromatic heterocycles. The molecular formula is C33H31F4N5O3. The van der Waals surface area contributed by atoms with Gasteiger partial charge in [-0.15, -0.1) is 5.10 Å². The molecule has 1 N–H and O–H groups in total. The Morgan fingerprint density at radius 2 is 1.20 bits per heavy atom. The smallest absolute Gasteiger partial charge is 0.416 e. The molecule has 45 heavy (non-hydrogen) atoms. The molecule has 0 aliphatic rings. The van der Waals surface area contributed by atoms with Crippen molar-refractivity contribution < 1.29 is 31.8 Å². The minimum Gasteiger partial charge on any atom is -0.497 e. The molecule has 8 nitrogen and oxygen atoms in total. The summed E-state index contributed by atoms with van der Waals surface area (Å²) in [4.78, 5) is 6.65. The van der Waals surface area contributed by atoms with Gasteiger partial charge in [-0.05, 0) is 71.3 Å². The lowest BCUT2D eigenvalue weighted by Gasteiger charge is -2.24. The average Bonchev–Trinajstić information content (AvgIpc) is 3.44. The highest BCUT2D eigenvalue weighted by Crippen LogP contribution is 2.33. The highest BCUT2D eigenvalue weighted by molar-refractivity contribution is 5.57. The Balaban J connectivity index is 1.56. The third-order valence-corrected chi connectivity index (χ3v) is 7.03. The summed E-state index contributed by atoms with van der Waals surface area (Å²) in [5.74, 6) is 1.57. The van der Waals surface area contributed by atoms with Crippen LogP contribution in [0, 0.1) is 5.82 Å². The monoisotopic (exact) mass is 621 g/mol. The van der Waals surface area contributed by atoms with Crippen LogP contribution >= 0.6 is 0 Å². The number of halogens is 4. The Hall–Kier alpha value is -5.26. The largest absolute Gasteiger partial charge is 0.497 e. The second kappa shape index (κ2) is 13.6. The van der Waals surface area contributed by atoms with Gasteiger partial charge in [0.2, 0.25) is 11.9 Å². The summed E-state index contributed by atoms with van der Waals surface area (Å²) in [6, 6.07) is 24.7. The summed E-state index contributed by atoms with van der Waals surface area (Å²) < 4.78 is 72.4. The van der Waals surface area contributed by atoms with Gasteiger partial charge < -0.3 is 24.4 Å². The first-order valence-electron chi connectivity index (χ1n) is 13.9. The lowest BCUT2D eigenvalue weighted by molar-refractivity contribution is -0.137. The summed E-state index contributed by atoms with van der Waals surface area (Å²) in [6.45, 7) is 1.06. The Kier molecular flexibility index (Phi) is 9.41. The first kappa shape index (κ1) is 31.2.